The Morgan fingerprint density at radius 3 is 2.63 bits per heavy atom. The van der Waals surface area contributed by atoms with E-state index in [1.807, 2.05) is 0 Å². The summed E-state index contributed by atoms with van der Waals surface area (Å²) in [6, 6.07) is 3.02. The van der Waals surface area contributed by atoms with E-state index in [1.54, 1.807) is 13.1 Å². The number of pyridine rings is 1. The Kier molecular flexibility index (Phi) is 4.14. The molecule has 1 aromatic heterocycles. The van der Waals surface area contributed by atoms with Gasteiger partial charge in [-0.25, -0.2) is 9.78 Å². The molecule has 5 heteroatoms. The summed E-state index contributed by atoms with van der Waals surface area (Å²) in [4.78, 5) is 28.0. The van der Waals surface area contributed by atoms with Crippen molar-refractivity contribution in [3.05, 3.63) is 24.0 Å². The number of carboxylic acid groups (broad SMARTS) is 1. The quantitative estimate of drug-likeness (QED) is 0.884. The van der Waals surface area contributed by atoms with Gasteiger partial charge in [0.1, 0.15) is 5.69 Å². The highest BCUT2D eigenvalue weighted by atomic mass is 16.4. The molecule has 1 amide bonds. The van der Waals surface area contributed by atoms with Crippen LogP contribution in [0, 0.1) is 5.92 Å². The van der Waals surface area contributed by atoms with Gasteiger partial charge >= 0.3 is 5.97 Å². The third-order valence-corrected chi connectivity index (χ3v) is 3.72. The monoisotopic (exact) mass is 262 g/mol. The summed E-state index contributed by atoms with van der Waals surface area (Å²) in [5.41, 5.74) is 0.614. The average Bonchev–Trinajstić information content (AvgIpc) is 2.36. The maximum Gasteiger partial charge on any atom is 0.354 e. The van der Waals surface area contributed by atoms with Crippen LogP contribution in [0.15, 0.2) is 18.3 Å². The minimum atomic E-state index is -1.06. The molecule has 0 radical (unpaired) electrons. The Morgan fingerprint density at radius 1 is 1.42 bits per heavy atom. The largest absolute Gasteiger partial charge is 0.477 e. The molecular weight excluding hydrogens is 244 g/mol. The molecule has 0 unspecified atom stereocenters. The Hall–Kier alpha value is -1.91. The van der Waals surface area contributed by atoms with Crippen LogP contribution >= 0.6 is 0 Å². The van der Waals surface area contributed by atoms with Gasteiger partial charge in [0.15, 0.2) is 0 Å². The molecule has 1 aliphatic rings. The molecule has 1 heterocycles. The van der Waals surface area contributed by atoms with Crippen molar-refractivity contribution in [2.24, 2.45) is 5.92 Å². The second kappa shape index (κ2) is 5.82. The molecule has 0 atom stereocenters. The lowest BCUT2D eigenvalue weighted by atomic mass is 9.82. The normalized spacial score (nSPS) is 14.8. The first kappa shape index (κ1) is 13.5. The fourth-order valence-electron chi connectivity index (χ4n) is 2.13. The number of nitrogens with zero attached hydrogens (tertiary/aromatic N) is 2. The van der Waals surface area contributed by atoms with Gasteiger partial charge in [0, 0.05) is 13.5 Å². The molecule has 102 valence electrons. The van der Waals surface area contributed by atoms with Gasteiger partial charge in [0.25, 0.3) is 0 Å². The van der Waals surface area contributed by atoms with Crippen molar-refractivity contribution in [3.63, 3.8) is 0 Å². The molecule has 1 aromatic rings. The van der Waals surface area contributed by atoms with E-state index in [2.05, 4.69) is 4.98 Å². The minimum absolute atomic E-state index is 0.0148. The Balaban J connectivity index is 1.91. The number of aromatic carboxylic acids is 1. The lowest BCUT2D eigenvalue weighted by Gasteiger charge is -2.26. The number of carbonyl (C=O) groups is 2. The van der Waals surface area contributed by atoms with Crippen molar-refractivity contribution in [1.29, 1.82) is 0 Å². The molecule has 2 rings (SSSR count). The number of aromatic nitrogens is 1. The average molecular weight is 262 g/mol. The van der Waals surface area contributed by atoms with E-state index in [-0.39, 0.29) is 11.6 Å². The van der Waals surface area contributed by atoms with Crippen LogP contribution in [0.1, 0.15) is 42.6 Å². The first-order chi connectivity index (χ1) is 9.08. The standard InChI is InChI=1S/C14H18N2O3/c1-16(13(17)8-5-10-3-2-4-10)11-6-7-12(14(18)19)15-9-11/h6-7,9-10H,2-5,8H2,1H3,(H,18,19). The van der Waals surface area contributed by atoms with Crippen molar-refractivity contribution >= 4 is 17.6 Å². The molecule has 0 saturated heterocycles. The number of hydrogen-bond acceptors (Lipinski definition) is 3. The molecule has 1 saturated carbocycles. The van der Waals surface area contributed by atoms with Gasteiger partial charge < -0.3 is 10.0 Å². The molecule has 1 N–H and O–H groups in total. The van der Waals surface area contributed by atoms with Crippen LogP contribution in [0.25, 0.3) is 0 Å². The second-order valence-corrected chi connectivity index (χ2v) is 5.00. The maximum atomic E-state index is 12.0. The van der Waals surface area contributed by atoms with E-state index in [1.165, 1.54) is 36.4 Å². The summed E-state index contributed by atoms with van der Waals surface area (Å²) < 4.78 is 0. The van der Waals surface area contributed by atoms with Crippen LogP contribution in [0.4, 0.5) is 5.69 Å². The maximum absolute atomic E-state index is 12.0. The fraction of sp³-hybridized carbons (Fsp3) is 0.500. The highest BCUT2D eigenvalue weighted by molar-refractivity contribution is 5.93. The van der Waals surface area contributed by atoms with Crippen LogP contribution in [0.5, 0.6) is 0 Å². The van der Waals surface area contributed by atoms with Crippen LogP contribution in [-0.2, 0) is 4.79 Å². The van der Waals surface area contributed by atoms with Crippen molar-refractivity contribution in [2.75, 3.05) is 11.9 Å². The Labute approximate surface area is 112 Å². The summed E-state index contributed by atoms with van der Waals surface area (Å²) >= 11 is 0. The summed E-state index contributed by atoms with van der Waals surface area (Å²) in [5.74, 6) is -0.299. The zero-order chi connectivity index (χ0) is 13.8. The van der Waals surface area contributed by atoms with Crippen LogP contribution < -0.4 is 4.90 Å². The lowest BCUT2D eigenvalue weighted by molar-refractivity contribution is -0.118. The summed E-state index contributed by atoms with van der Waals surface area (Å²) in [6.07, 6.45) is 6.68. The van der Waals surface area contributed by atoms with Crippen LogP contribution in [0.2, 0.25) is 0 Å². The number of rotatable bonds is 5. The molecule has 0 spiro atoms. The Morgan fingerprint density at radius 2 is 2.16 bits per heavy atom. The van der Waals surface area contributed by atoms with E-state index in [4.69, 9.17) is 5.11 Å². The van der Waals surface area contributed by atoms with Crippen molar-refractivity contribution in [3.8, 4) is 0 Å². The summed E-state index contributed by atoms with van der Waals surface area (Å²) in [5, 5.41) is 8.76. The minimum Gasteiger partial charge on any atom is -0.477 e. The number of amides is 1. The predicted molar refractivity (Wildman–Crippen MR) is 71.2 cm³/mol. The van der Waals surface area contributed by atoms with Crippen LogP contribution in [-0.4, -0.2) is 29.0 Å². The van der Waals surface area contributed by atoms with Gasteiger partial charge in [-0.2, -0.15) is 0 Å². The van der Waals surface area contributed by atoms with E-state index >= 15 is 0 Å². The first-order valence-electron chi connectivity index (χ1n) is 6.54. The topological polar surface area (TPSA) is 70.5 Å². The van der Waals surface area contributed by atoms with Crippen molar-refractivity contribution in [1.82, 2.24) is 4.98 Å². The molecule has 19 heavy (non-hydrogen) atoms. The van der Waals surface area contributed by atoms with Gasteiger partial charge in [-0.1, -0.05) is 19.3 Å². The molecule has 1 aliphatic carbocycles. The van der Waals surface area contributed by atoms with Gasteiger partial charge in [-0.05, 0) is 24.5 Å². The molecule has 0 aromatic carbocycles. The lowest BCUT2D eigenvalue weighted by Crippen LogP contribution is -2.27. The molecule has 0 bridgehead atoms. The van der Waals surface area contributed by atoms with Gasteiger partial charge in [0.2, 0.25) is 5.91 Å². The zero-order valence-corrected chi connectivity index (χ0v) is 11.0. The molecular formula is C14H18N2O3. The first-order valence-corrected chi connectivity index (χ1v) is 6.54. The molecule has 0 aliphatic heterocycles. The number of hydrogen-bond donors (Lipinski definition) is 1. The third-order valence-electron chi connectivity index (χ3n) is 3.72. The predicted octanol–water partition coefficient (Wildman–Crippen LogP) is 2.32. The SMILES string of the molecule is CN(C(=O)CCC1CCC1)c1ccc(C(=O)O)nc1. The van der Waals surface area contributed by atoms with E-state index in [9.17, 15) is 9.59 Å². The summed E-state index contributed by atoms with van der Waals surface area (Å²) in [6.45, 7) is 0. The number of anilines is 1. The van der Waals surface area contributed by atoms with Crippen molar-refractivity contribution in [2.45, 2.75) is 32.1 Å². The molecule has 5 nitrogen and oxygen atoms in total. The highest BCUT2D eigenvalue weighted by Gasteiger charge is 2.20. The van der Waals surface area contributed by atoms with Gasteiger partial charge in [0.05, 0.1) is 11.9 Å². The smallest absolute Gasteiger partial charge is 0.354 e. The van der Waals surface area contributed by atoms with Gasteiger partial charge in [-0.3, -0.25) is 4.79 Å². The Bertz CT molecular complexity index is 466. The van der Waals surface area contributed by atoms with Gasteiger partial charge in [-0.15, -0.1) is 0 Å². The number of carboxylic acids is 1. The van der Waals surface area contributed by atoms with E-state index < -0.39 is 5.97 Å². The van der Waals surface area contributed by atoms with Crippen molar-refractivity contribution < 1.29 is 14.7 Å². The number of carbonyl (C=O) groups excluding carboxylic acids is 1. The third kappa shape index (κ3) is 3.30. The van der Waals surface area contributed by atoms with E-state index in [0.717, 1.165) is 6.42 Å². The fourth-order valence-corrected chi connectivity index (χ4v) is 2.13. The highest BCUT2D eigenvalue weighted by Crippen LogP contribution is 2.30. The van der Waals surface area contributed by atoms with Crippen LogP contribution in [0.3, 0.4) is 0 Å². The summed E-state index contributed by atoms with van der Waals surface area (Å²) in [7, 11) is 1.70. The second-order valence-electron chi connectivity index (χ2n) is 5.00. The van der Waals surface area contributed by atoms with E-state index in [0.29, 0.717) is 18.0 Å². The molecule has 1 fully saturated rings. The zero-order valence-electron chi connectivity index (χ0n) is 11.0.